The standard InChI is InChI=1S/C15H21NO2/c1-11(12-6-3-2-4-7-12)15(18)16-10-13-8-5-9-14(13)17/h2-4,6-7,11,13-14,17H,5,8-10H2,1H3,(H,16,18)/t11-,13-,14+/m0/s1. The molecule has 18 heavy (non-hydrogen) atoms. The van der Waals surface area contributed by atoms with E-state index < -0.39 is 0 Å². The summed E-state index contributed by atoms with van der Waals surface area (Å²) in [5.74, 6) is 0.141. The van der Waals surface area contributed by atoms with Gasteiger partial charge in [-0.25, -0.2) is 0 Å². The molecule has 3 heteroatoms. The number of hydrogen-bond donors (Lipinski definition) is 2. The van der Waals surface area contributed by atoms with Gasteiger partial charge in [0.2, 0.25) is 5.91 Å². The quantitative estimate of drug-likeness (QED) is 0.855. The van der Waals surface area contributed by atoms with Gasteiger partial charge in [0, 0.05) is 12.5 Å². The van der Waals surface area contributed by atoms with E-state index in [1.807, 2.05) is 37.3 Å². The molecule has 2 rings (SSSR count). The van der Waals surface area contributed by atoms with E-state index in [-0.39, 0.29) is 23.8 Å². The Bertz CT molecular complexity index is 391. The molecule has 1 aliphatic carbocycles. The molecule has 0 aliphatic heterocycles. The van der Waals surface area contributed by atoms with Gasteiger partial charge in [-0.3, -0.25) is 4.79 Å². The average Bonchev–Trinajstić information content (AvgIpc) is 2.81. The van der Waals surface area contributed by atoms with Crippen LogP contribution in [-0.2, 0) is 4.79 Å². The summed E-state index contributed by atoms with van der Waals surface area (Å²) in [6.45, 7) is 2.51. The van der Waals surface area contributed by atoms with Gasteiger partial charge in [0.05, 0.1) is 12.0 Å². The van der Waals surface area contributed by atoms with Crippen LogP contribution >= 0.6 is 0 Å². The zero-order valence-electron chi connectivity index (χ0n) is 10.8. The van der Waals surface area contributed by atoms with Crippen molar-refractivity contribution < 1.29 is 9.90 Å². The van der Waals surface area contributed by atoms with Crippen molar-refractivity contribution in [2.45, 2.75) is 38.2 Å². The largest absolute Gasteiger partial charge is 0.393 e. The Morgan fingerprint density at radius 1 is 1.39 bits per heavy atom. The van der Waals surface area contributed by atoms with Crippen LogP contribution < -0.4 is 5.32 Å². The summed E-state index contributed by atoms with van der Waals surface area (Å²) in [6.07, 6.45) is 2.71. The van der Waals surface area contributed by atoms with Crippen molar-refractivity contribution in [2.75, 3.05) is 6.54 Å². The number of aliphatic hydroxyl groups is 1. The summed E-state index contributed by atoms with van der Waals surface area (Å²) in [5.41, 5.74) is 1.03. The maximum Gasteiger partial charge on any atom is 0.227 e. The van der Waals surface area contributed by atoms with Gasteiger partial charge in [0.1, 0.15) is 0 Å². The first-order valence-corrected chi connectivity index (χ1v) is 6.69. The van der Waals surface area contributed by atoms with Crippen molar-refractivity contribution in [3.63, 3.8) is 0 Å². The molecule has 1 amide bonds. The van der Waals surface area contributed by atoms with E-state index in [2.05, 4.69) is 5.32 Å². The number of aliphatic hydroxyl groups excluding tert-OH is 1. The van der Waals surface area contributed by atoms with Crippen molar-refractivity contribution in [1.29, 1.82) is 0 Å². The van der Waals surface area contributed by atoms with E-state index in [0.29, 0.717) is 6.54 Å². The average molecular weight is 247 g/mol. The molecule has 3 atom stereocenters. The van der Waals surface area contributed by atoms with Crippen molar-refractivity contribution >= 4 is 5.91 Å². The van der Waals surface area contributed by atoms with Crippen LogP contribution in [0.3, 0.4) is 0 Å². The zero-order chi connectivity index (χ0) is 13.0. The van der Waals surface area contributed by atoms with E-state index in [1.165, 1.54) is 0 Å². The topological polar surface area (TPSA) is 49.3 Å². The summed E-state index contributed by atoms with van der Waals surface area (Å²) < 4.78 is 0. The summed E-state index contributed by atoms with van der Waals surface area (Å²) in [6, 6.07) is 9.77. The first kappa shape index (κ1) is 13.1. The molecule has 0 aromatic heterocycles. The third kappa shape index (κ3) is 3.10. The number of hydrogen-bond acceptors (Lipinski definition) is 2. The number of carbonyl (C=O) groups excluding carboxylic acids is 1. The SMILES string of the molecule is C[C@H](C(=O)NC[C@@H]1CCC[C@H]1O)c1ccccc1. The molecule has 0 saturated heterocycles. The third-order valence-corrected chi connectivity index (χ3v) is 3.85. The molecule has 0 heterocycles. The first-order chi connectivity index (χ1) is 8.68. The second kappa shape index (κ2) is 6.01. The maximum atomic E-state index is 12.0. The van der Waals surface area contributed by atoms with Crippen molar-refractivity contribution in [1.82, 2.24) is 5.32 Å². The Hall–Kier alpha value is -1.35. The monoisotopic (exact) mass is 247 g/mol. The van der Waals surface area contributed by atoms with Crippen LogP contribution in [0.1, 0.15) is 37.7 Å². The Labute approximate surface area is 108 Å². The van der Waals surface area contributed by atoms with Gasteiger partial charge >= 0.3 is 0 Å². The molecule has 1 saturated carbocycles. The molecule has 3 nitrogen and oxygen atoms in total. The minimum Gasteiger partial charge on any atom is -0.393 e. The summed E-state index contributed by atoms with van der Waals surface area (Å²) >= 11 is 0. The van der Waals surface area contributed by atoms with E-state index >= 15 is 0 Å². The Morgan fingerprint density at radius 2 is 2.11 bits per heavy atom. The Morgan fingerprint density at radius 3 is 2.72 bits per heavy atom. The number of rotatable bonds is 4. The van der Waals surface area contributed by atoms with Crippen molar-refractivity contribution in [3.8, 4) is 0 Å². The first-order valence-electron chi connectivity index (χ1n) is 6.69. The molecular formula is C15H21NO2. The molecule has 0 radical (unpaired) electrons. The zero-order valence-corrected chi connectivity index (χ0v) is 10.8. The highest BCUT2D eigenvalue weighted by Crippen LogP contribution is 2.25. The van der Waals surface area contributed by atoms with E-state index in [0.717, 1.165) is 24.8 Å². The summed E-state index contributed by atoms with van der Waals surface area (Å²) in [4.78, 5) is 12.0. The molecule has 1 aliphatic rings. The number of amides is 1. The highest BCUT2D eigenvalue weighted by atomic mass is 16.3. The van der Waals surface area contributed by atoms with Crippen LogP contribution in [0.15, 0.2) is 30.3 Å². The van der Waals surface area contributed by atoms with Crippen LogP contribution in [0.5, 0.6) is 0 Å². The third-order valence-electron chi connectivity index (χ3n) is 3.85. The van der Waals surface area contributed by atoms with E-state index in [1.54, 1.807) is 0 Å². The van der Waals surface area contributed by atoms with Gasteiger partial charge in [-0.15, -0.1) is 0 Å². The van der Waals surface area contributed by atoms with Gasteiger partial charge in [-0.1, -0.05) is 36.8 Å². The fourth-order valence-corrected chi connectivity index (χ4v) is 2.53. The number of benzene rings is 1. The highest BCUT2D eigenvalue weighted by molar-refractivity contribution is 5.83. The molecule has 98 valence electrons. The maximum absolute atomic E-state index is 12.0. The highest BCUT2D eigenvalue weighted by Gasteiger charge is 2.26. The van der Waals surface area contributed by atoms with Gasteiger partial charge < -0.3 is 10.4 Å². The number of carbonyl (C=O) groups is 1. The van der Waals surface area contributed by atoms with Crippen molar-refractivity contribution in [3.05, 3.63) is 35.9 Å². The molecule has 0 unspecified atom stereocenters. The van der Waals surface area contributed by atoms with Gasteiger partial charge in [0.15, 0.2) is 0 Å². The minimum atomic E-state index is -0.239. The lowest BCUT2D eigenvalue weighted by Gasteiger charge is -2.17. The van der Waals surface area contributed by atoms with Gasteiger partial charge in [0.25, 0.3) is 0 Å². The molecule has 1 fully saturated rings. The van der Waals surface area contributed by atoms with Crippen LogP contribution in [-0.4, -0.2) is 23.7 Å². The van der Waals surface area contributed by atoms with Crippen LogP contribution in [0.2, 0.25) is 0 Å². The lowest BCUT2D eigenvalue weighted by Crippen LogP contribution is -2.34. The molecular weight excluding hydrogens is 226 g/mol. The molecule has 1 aromatic rings. The lowest BCUT2D eigenvalue weighted by atomic mass is 10.00. The second-order valence-corrected chi connectivity index (χ2v) is 5.14. The van der Waals surface area contributed by atoms with Crippen LogP contribution in [0.4, 0.5) is 0 Å². The smallest absolute Gasteiger partial charge is 0.227 e. The van der Waals surface area contributed by atoms with E-state index in [9.17, 15) is 9.90 Å². The number of nitrogens with one attached hydrogen (secondary N) is 1. The van der Waals surface area contributed by atoms with Gasteiger partial charge in [-0.05, 0) is 25.3 Å². The van der Waals surface area contributed by atoms with Crippen LogP contribution in [0.25, 0.3) is 0 Å². The fourth-order valence-electron chi connectivity index (χ4n) is 2.53. The lowest BCUT2D eigenvalue weighted by molar-refractivity contribution is -0.122. The van der Waals surface area contributed by atoms with Crippen LogP contribution in [0, 0.1) is 5.92 Å². The summed E-state index contributed by atoms with van der Waals surface area (Å²) in [7, 11) is 0. The molecule has 1 aromatic carbocycles. The van der Waals surface area contributed by atoms with Crippen molar-refractivity contribution in [2.24, 2.45) is 5.92 Å². The Balaban J connectivity index is 1.84. The van der Waals surface area contributed by atoms with E-state index in [4.69, 9.17) is 0 Å². The fraction of sp³-hybridized carbons (Fsp3) is 0.533. The minimum absolute atomic E-state index is 0.0419. The second-order valence-electron chi connectivity index (χ2n) is 5.14. The normalized spacial score (nSPS) is 24.8. The molecule has 2 N–H and O–H groups in total. The summed E-state index contributed by atoms with van der Waals surface area (Å²) in [5, 5.41) is 12.7. The predicted octanol–water partition coefficient (Wildman–Crippen LogP) is 2.07. The molecule has 0 bridgehead atoms. The Kier molecular flexibility index (Phi) is 4.37. The van der Waals surface area contributed by atoms with Gasteiger partial charge in [-0.2, -0.15) is 0 Å². The predicted molar refractivity (Wildman–Crippen MR) is 71.2 cm³/mol. The molecule has 0 spiro atoms.